The average molecular weight is 199 g/mol. The summed E-state index contributed by atoms with van der Waals surface area (Å²) >= 11 is 0. The van der Waals surface area contributed by atoms with Crippen LogP contribution in [-0.2, 0) is 0 Å². The quantitative estimate of drug-likeness (QED) is 0.674. The van der Waals surface area contributed by atoms with Gasteiger partial charge in [-0.15, -0.1) is 0 Å². The number of aliphatic hydroxyl groups excluding tert-OH is 1. The minimum absolute atomic E-state index is 0.212. The molecule has 0 amide bonds. The van der Waals surface area contributed by atoms with Crippen molar-refractivity contribution < 1.29 is 5.11 Å². The van der Waals surface area contributed by atoms with Crippen LogP contribution in [0.1, 0.15) is 17.2 Å². The van der Waals surface area contributed by atoms with E-state index >= 15 is 0 Å². The normalized spacial score (nSPS) is 17.3. The molecular formula is C12H9NO2. The molecule has 1 aromatic heterocycles. The summed E-state index contributed by atoms with van der Waals surface area (Å²) in [5.41, 5.74) is 2.84. The number of aromatic nitrogens is 1. The predicted molar refractivity (Wildman–Crippen MR) is 56.6 cm³/mol. The van der Waals surface area contributed by atoms with Crippen LogP contribution in [-0.4, -0.2) is 10.1 Å². The second kappa shape index (κ2) is 2.81. The summed E-state index contributed by atoms with van der Waals surface area (Å²) in [6.07, 6.45) is 0.817. The Morgan fingerprint density at radius 1 is 1.13 bits per heavy atom. The van der Waals surface area contributed by atoms with E-state index in [4.69, 9.17) is 0 Å². The van der Waals surface area contributed by atoms with Crippen LogP contribution < -0.4 is 5.56 Å². The van der Waals surface area contributed by atoms with E-state index in [1.807, 2.05) is 30.3 Å². The molecule has 0 bridgehead atoms. The molecule has 0 spiro atoms. The van der Waals surface area contributed by atoms with Gasteiger partial charge in [-0.1, -0.05) is 24.3 Å². The first-order valence-electron chi connectivity index (χ1n) is 4.78. The summed E-state index contributed by atoms with van der Waals surface area (Å²) in [4.78, 5) is 14.2. The van der Waals surface area contributed by atoms with Crippen molar-refractivity contribution in [3.63, 3.8) is 0 Å². The van der Waals surface area contributed by atoms with Crippen LogP contribution in [0.5, 0.6) is 0 Å². The third kappa shape index (κ3) is 1.01. The van der Waals surface area contributed by atoms with Crippen LogP contribution in [0, 0.1) is 0 Å². The molecule has 2 aromatic rings. The molecule has 1 heterocycles. The molecule has 74 valence electrons. The number of hydrogen-bond donors (Lipinski definition) is 2. The number of fused-ring (bicyclic) bond motifs is 3. The second-order valence-corrected chi connectivity index (χ2v) is 3.62. The Hall–Kier alpha value is -1.87. The van der Waals surface area contributed by atoms with E-state index < -0.39 is 6.10 Å². The maximum Gasteiger partial charge on any atom is 0.254 e. The first kappa shape index (κ1) is 8.44. The third-order valence-corrected chi connectivity index (χ3v) is 2.82. The Balaban J connectivity index is 2.43. The van der Waals surface area contributed by atoms with Gasteiger partial charge in [-0.2, -0.15) is 0 Å². The lowest BCUT2D eigenvalue weighted by Gasteiger charge is -2.02. The molecule has 3 nitrogen and oxygen atoms in total. The smallest absolute Gasteiger partial charge is 0.254 e. The maximum atomic E-state index is 11.6. The first-order valence-corrected chi connectivity index (χ1v) is 4.78. The van der Waals surface area contributed by atoms with E-state index in [2.05, 4.69) is 4.98 Å². The fourth-order valence-corrected chi connectivity index (χ4v) is 2.13. The Bertz CT molecular complexity index is 586. The molecule has 0 radical (unpaired) electrons. The Morgan fingerprint density at radius 2 is 1.93 bits per heavy atom. The maximum absolute atomic E-state index is 11.6. The van der Waals surface area contributed by atoms with Crippen molar-refractivity contribution in [3.05, 3.63) is 58.0 Å². The standard InChI is InChI=1S/C12H9NO2/c14-11-9-4-2-1-3-7(9)8-5-6-13-12(15)10(8)11/h1-6,11,14H,(H,13,15). The van der Waals surface area contributed by atoms with Crippen LogP contribution >= 0.6 is 0 Å². The number of pyridine rings is 1. The minimum Gasteiger partial charge on any atom is -0.383 e. The highest BCUT2D eigenvalue weighted by Crippen LogP contribution is 2.40. The zero-order valence-corrected chi connectivity index (χ0v) is 7.90. The van der Waals surface area contributed by atoms with Gasteiger partial charge in [-0.25, -0.2) is 0 Å². The minimum atomic E-state index is -0.791. The summed E-state index contributed by atoms with van der Waals surface area (Å²) in [6, 6.07) is 9.36. The summed E-state index contributed by atoms with van der Waals surface area (Å²) in [5.74, 6) is 0. The van der Waals surface area contributed by atoms with Gasteiger partial charge in [0.25, 0.3) is 5.56 Å². The van der Waals surface area contributed by atoms with Gasteiger partial charge in [0.05, 0.1) is 5.56 Å². The Kier molecular flexibility index (Phi) is 1.58. The van der Waals surface area contributed by atoms with Gasteiger partial charge in [0, 0.05) is 6.20 Å². The number of rotatable bonds is 0. The number of aromatic amines is 1. The molecule has 1 aliphatic rings. The van der Waals surface area contributed by atoms with E-state index in [1.165, 1.54) is 0 Å². The molecule has 1 aromatic carbocycles. The lowest BCUT2D eigenvalue weighted by Crippen LogP contribution is -2.13. The molecule has 3 heteroatoms. The first-order chi connectivity index (χ1) is 7.29. The SMILES string of the molecule is O=c1[nH]ccc2c1C(O)c1ccccc1-2. The molecule has 0 fully saturated rings. The molecule has 1 unspecified atom stereocenters. The van der Waals surface area contributed by atoms with E-state index in [0.29, 0.717) is 5.56 Å². The molecule has 1 aliphatic carbocycles. The predicted octanol–water partition coefficient (Wildman–Crippen LogP) is 1.44. The highest BCUT2D eigenvalue weighted by Gasteiger charge is 2.28. The van der Waals surface area contributed by atoms with Crippen LogP contribution in [0.2, 0.25) is 0 Å². The molecule has 0 saturated carbocycles. The van der Waals surface area contributed by atoms with E-state index in [0.717, 1.165) is 16.7 Å². The van der Waals surface area contributed by atoms with E-state index in [1.54, 1.807) is 6.20 Å². The summed E-state index contributed by atoms with van der Waals surface area (Å²) in [5, 5.41) is 9.99. The van der Waals surface area contributed by atoms with Gasteiger partial charge in [-0.3, -0.25) is 4.79 Å². The van der Waals surface area contributed by atoms with Crippen molar-refractivity contribution in [2.24, 2.45) is 0 Å². The highest BCUT2D eigenvalue weighted by atomic mass is 16.3. The number of aliphatic hydroxyl groups is 1. The topological polar surface area (TPSA) is 53.1 Å². The number of benzene rings is 1. The van der Waals surface area contributed by atoms with Crippen molar-refractivity contribution >= 4 is 0 Å². The lowest BCUT2D eigenvalue weighted by molar-refractivity contribution is 0.223. The van der Waals surface area contributed by atoms with Crippen molar-refractivity contribution in [1.82, 2.24) is 4.98 Å². The molecule has 3 rings (SSSR count). The van der Waals surface area contributed by atoms with Crippen molar-refractivity contribution in [3.8, 4) is 11.1 Å². The molecule has 0 aliphatic heterocycles. The number of H-pyrrole nitrogens is 1. The number of nitrogens with one attached hydrogen (secondary N) is 1. The zero-order valence-electron chi connectivity index (χ0n) is 7.90. The monoisotopic (exact) mass is 199 g/mol. The van der Waals surface area contributed by atoms with Crippen LogP contribution in [0.15, 0.2) is 41.3 Å². The molecule has 1 atom stereocenters. The van der Waals surface area contributed by atoms with Gasteiger partial charge in [0.2, 0.25) is 0 Å². The molecule has 2 N–H and O–H groups in total. The third-order valence-electron chi connectivity index (χ3n) is 2.82. The molecular weight excluding hydrogens is 190 g/mol. The Morgan fingerprint density at radius 3 is 2.80 bits per heavy atom. The van der Waals surface area contributed by atoms with Gasteiger partial charge in [-0.05, 0) is 22.8 Å². The summed E-state index contributed by atoms with van der Waals surface area (Å²) in [7, 11) is 0. The fraction of sp³-hybridized carbons (Fsp3) is 0.0833. The van der Waals surface area contributed by atoms with Crippen LogP contribution in [0.3, 0.4) is 0 Å². The van der Waals surface area contributed by atoms with Gasteiger partial charge < -0.3 is 10.1 Å². The second-order valence-electron chi connectivity index (χ2n) is 3.62. The van der Waals surface area contributed by atoms with Crippen molar-refractivity contribution in [2.45, 2.75) is 6.10 Å². The van der Waals surface area contributed by atoms with Gasteiger partial charge >= 0.3 is 0 Å². The Labute approximate surface area is 86.0 Å². The average Bonchev–Trinajstić information content (AvgIpc) is 2.55. The van der Waals surface area contributed by atoms with Gasteiger partial charge in [0.1, 0.15) is 6.10 Å². The van der Waals surface area contributed by atoms with E-state index in [9.17, 15) is 9.90 Å². The lowest BCUT2D eigenvalue weighted by atomic mass is 10.1. The van der Waals surface area contributed by atoms with Crippen molar-refractivity contribution in [2.75, 3.05) is 0 Å². The van der Waals surface area contributed by atoms with Crippen LogP contribution in [0.25, 0.3) is 11.1 Å². The molecule has 0 saturated heterocycles. The van der Waals surface area contributed by atoms with Crippen LogP contribution in [0.4, 0.5) is 0 Å². The van der Waals surface area contributed by atoms with Crippen molar-refractivity contribution in [1.29, 1.82) is 0 Å². The zero-order chi connectivity index (χ0) is 10.4. The summed E-state index contributed by atoms with van der Waals surface area (Å²) < 4.78 is 0. The summed E-state index contributed by atoms with van der Waals surface area (Å²) in [6.45, 7) is 0. The fourth-order valence-electron chi connectivity index (χ4n) is 2.13. The van der Waals surface area contributed by atoms with Gasteiger partial charge in [0.15, 0.2) is 0 Å². The van der Waals surface area contributed by atoms with E-state index in [-0.39, 0.29) is 5.56 Å². The number of hydrogen-bond acceptors (Lipinski definition) is 2. The highest BCUT2D eigenvalue weighted by molar-refractivity contribution is 5.77. The molecule has 15 heavy (non-hydrogen) atoms. The largest absolute Gasteiger partial charge is 0.383 e.